The van der Waals surface area contributed by atoms with Crippen molar-refractivity contribution in [2.45, 2.75) is 116 Å². The van der Waals surface area contributed by atoms with Crippen LogP contribution < -0.4 is 0 Å². The van der Waals surface area contributed by atoms with Gasteiger partial charge in [-0.2, -0.15) is 0 Å². The molecule has 2 aliphatic rings. The van der Waals surface area contributed by atoms with Gasteiger partial charge in [0.05, 0.1) is 13.2 Å². The summed E-state index contributed by atoms with van der Waals surface area (Å²) in [6.07, 6.45) is 10.2. The van der Waals surface area contributed by atoms with E-state index in [0.717, 1.165) is 45.1 Å². The summed E-state index contributed by atoms with van der Waals surface area (Å²) in [5.74, 6) is -0.231. The minimum atomic E-state index is -1.96. The van der Waals surface area contributed by atoms with Crippen LogP contribution in [0.4, 0.5) is 0 Å². The number of ether oxygens (including phenoxy) is 4. The molecule has 1 aliphatic heterocycles. The molecule has 0 bridgehead atoms. The van der Waals surface area contributed by atoms with Crippen LogP contribution in [0.5, 0.6) is 0 Å². The molecule has 35 heavy (non-hydrogen) atoms. The van der Waals surface area contributed by atoms with Crippen molar-refractivity contribution in [1.29, 1.82) is 0 Å². The van der Waals surface area contributed by atoms with Crippen LogP contribution in [0, 0.1) is 11.8 Å². The van der Waals surface area contributed by atoms with E-state index in [1.165, 1.54) is 14.0 Å². The lowest BCUT2D eigenvalue weighted by Crippen LogP contribution is -2.44. The van der Waals surface area contributed by atoms with Gasteiger partial charge in [0, 0.05) is 44.8 Å². The fourth-order valence-corrected chi connectivity index (χ4v) is 5.61. The monoisotopic (exact) mass is 512 g/mol. The molecule has 0 aromatic carbocycles. The zero-order chi connectivity index (χ0) is 26.1. The van der Waals surface area contributed by atoms with Gasteiger partial charge in [0.2, 0.25) is 0 Å². The molecule has 5 atom stereocenters. The van der Waals surface area contributed by atoms with Crippen LogP contribution in [0.3, 0.4) is 0 Å². The van der Waals surface area contributed by atoms with E-state index >= 15 is 0 Å². The molecule has 0 spiro atoms. The molecule has 0 aromatic rings. The number of rotatable bonds is 12. The van der Waals surface area contributed by atoms with Gasteiger partial charge in [0.15, 0.2) is 14.6 Å². The van der Waals surface area contributed by atoms with Crippen molar-refractivity contribution >= 4 is 20.3 Å². The highest BCUT2D eigenvalue weighted by molar-refractivity contribution is 6.74. The lowest BCUT2D eigenvalue weighted by Gasteiger charge is -2.38. The number of hydrogen-bond donors (Lipinski definition) is 0. The molecule has 1 saturated heterocycles. The number of methoxy groups -OCH3 is 1. The summed E-state index contributed by atoms with van der Waals surface area (Å²) in [6, 6.07) is 0. The first-order chi connectivity index (χ1) is 16.4. The molecule has 1 saturated carbocycles. The number of hydrogen-bond acceptors (Lipinski definition) is 7. The smallest absolute Gasteiger partial charge is 0.305 e. The molecule has 1 aliphatic carbocycles. The maximum Gasteiger partial charge on any atom is 0.305 e. The van der Waals surface area contributed by atoms with Crippen molar-refractivity contribution < 1.29 is 33.0 Å². The minimum absolute atomic E-state index is 0.0788. The largest absolute Gasteiger partial charge is 0.469 e. The second-order valence-corrected chi connectivity index (χ2v) is 16.2. The topological polar surface area (TPSA) is 80.3 Å². The molecule has 0 radical (unpaired) electrons. The Morgan fingerprint density at radius 2 is 1.83 bits per heavy atom. The van der Waals surface area contributed by atoms with Crippen LogP contribution in [-0.4, -0.2) is 59.1 Å². The van der Waals surface area contributed by atoms with E-state index in [9.17, 15) is 9.59 Å². The van der Waals surface area contributed by atoms with Crippen molar-refractivity contribution in [3.05, 3.63) is 12.2 Å². The van der Waals surface area contributed by atoms with Crippen molar-refractivity contribution in [1.82, 2.24) is 0 Å². The molecular formula is C27H48O7Si. The van der Waals surface area contributed by atoms with E-state index < -0.39 is 8.32 Å². The number of unbranched alkanes of at least 4 members (excludes halogenated alkanes) is 1. The SMILES string of the molecule is COC(=O)CCC/C=C\C[C@@H]1[C@@H](CO[Si](C)(C)C(C)(C)C)[C@H](OC2CCCCO2)C[C@H]1OC(C)=O. The van der Waals surface area contributed by atoms with Crippen molar-refractivity contribution in [3.63, 3.8) is 0 Å². The average Bonchev–Trinajstić information content (AvgIpc) is 3.09. The lowest BCUT2D eigenvalue weighted by atomic mass is 9.91. The Hall–Kier alpha value is -1.22. The zero-order valence-electron chi connectivity index (χ0n) is 23.0. The van der Waals surface area contributed by atoms with Crippen LogP contribution in [0.15, 0.2) is 12.2 Å². The fraction of sp³-hybridized carbons (Fsp3) is 0.852. The van der Waals surface area contributed by atoms with E-state index in [2.05, 4.69) is 46.0 Å². The third-order valence-electron chi connectivity index (χ3n) is 7.75. The third-order valence-corrected chi connectivity index (χ3v) is 12.2. The first kappa shape index (κ1) is 30.0. The summed E-state index contributed by atoms with van der Waals surface area (Å²) < 4.78 is 29.5. The van der Waals surface area contributed by atoms with Crippen LogP contribution >= 0.6 is 0 Å². The molecule has 0 amide bonds. The van der Waals surface area contributed by atoms with Crippen molar-refractivity contribution in [2.24, 2.45) is 11.8 Å². The van der Waals surface area contributed by atoms with Gasteiger partial charge in [-0.05, 0) is 56.7 Å². The van der Waals surface area contributed by atoms with E-state index in [4.69, 9.17) is 23.4 Å². The summed E-state index contributed by atoms with van der Waals surface area (Å²) in [7, 11) is -0.545. The Balaban J connectivity index is 2.14. The Kier molecular flexibility index (Phi) is 11.9. The summed E-state index contributed by atoms with van der Waals surface area (Å²) in [5, 5.41) is 0.110. The van der Waals surface area contributed by atoms with Crippen molar-refractivity contribution in [3.8, 4) is 0 Å². The van der Waals surface area contributed by atoms with Gasteiger partial charge in [0.25, 0.3) is 0 Å². The van der Waals surface area contributed by atoms with Crippen molar-refractivity contribution in [2.75, 3.05) is 20.3 Å². The zero-order valence-corrected chi connectivity index (χ0v) is 24.0. The summed E-state index contributed by atoms with van der Waals surface area (Å²) in [6.45, 7) is 14.1. The van der Waals surface area contributed by atoms with Gasteiger partial charge in [0.1, 0.15) is 6.10 Å². The molecule has 1 heterocycles. The summed E-state index contributed by atoms with van der Waals surface area (Å²) in [4.78, 5) is 23.3. The average molecular weight is 513 g/mol. The van der Waals surface area contributed by atoms with E-state index in [1.54, 1.807) is 0 Å². The summed E-state index contributed by atoms with van der Waals surface area (Å²) in [5.41, 5.74) is 0. The normalized spacial score (nSPS) is 27.8. The van der Waals surface area contributed by atoms with Gasteiger partial charge in [-0.1, -0.05) is 32.9 Å². The third kappa shape index (κ3) is 9.63. The Morgan fingerprint density at radius 1 is 1.09 bits per heavy atom. The predicted octanol–water partition coefficient (Wildman–Crippen LogP) is 5.78. The maximum atomic E-state index is 11.9. The lowest BCUT2D eigenvalue weighted by molar-refractivity contribution is -0.198. The van der Waals surface area contributed by atoms with Gasteiger partial charge in [-0.25, -0.2) is 0 Å². The number of allylic oxidation sites excluding steroid dienone is 2. The highest BCUT2D eigenvalue weighted by Gasteiger charge is 2.48. The molecule has 0 N–H and O–H groups in total. The molecule has 8 heteroatoms. The maximum absolute atomic E-state index is 11.9. The Bertz CT molecular complexity index is 694. The van der Waals surface area contributed by atoms with Crippen LogP contribution in [0.1, 0.15) is 79.1 Å². The van der Waals surface area contributed by atoms with E-state index in [-0.39, 0.29) is 47.3 Å². The highest BCUT2D eigenvalue weighted by Crippen LogP contribution is 2.43. The fourth-order valence-electron chi connectivity index (χ4n) is 4.56. The van der Waals surface area contributed by atoms with E-state index in [0.29, 0.717) is 19.4 Å². The number of esters is 2. The van der Waals surface area contributed by atoms with Gasteiger partial charge >= 0.3 is 11.9 Å². The second kappa shape index (κ2) is 13.9. The Morgan fingerprint density at radius 3 is 2.43 bits per heavy atom. The first-order valence-corrected chi connectivity index (χ1v) is 16.2. The minimum Gasteiger partial charge on any atom is -0.469 e. The first-order valence-electron chi connectivity index (χ1n) is 13.2. The number of carbonyl (C=O) groups is 2. The molecule has 7 nitrogen and oxygen atoms in total. The molecule has 2 fully saturated rings. The summed E-state index contributed by atoms with van der Waals surface area (Å²) >= 11 is 0. The quantitative estimate of drug-likeness (QED) is 0.142. The predicted molar refractivity (Wildman–Crippen MR) is 138 cm³/mol. The molecular weight excluding hydrogens is 464 g/mol. The standard InChI is InChI=1S/C27H48O7Si/c1-20(28)33-23-18-24(34-26-16-12-13-17-31-26)22(19-32-35(6,7)27(2,3)4)21(23)14-10-8-9-11-15-25(29)30-5/h8,10,21-24,26H,9,11-19H2,1-7H3/b10-8-/t21-,22-,23-,24-,26?/m1/s1. The van der Waals surface area contributed by atoms with Gasteiger partial charge in [-0.3, -0.25) is 9.59 Å². The molecule has 202 valence electrons. The number of carbonyl (C=O) groups excluding carboxylic acids is 2. The van der Waals surface area contributed by atoms with E-state index in [1.807, 2.05) is 0 Å². The second-order valence-electron chi connectivity index (χ2n) is 11.4. The molecule has 2 rings (SSSR count). The Labute approximate surface area is 213 Å². The molecule has 1 unspecified atom stereocenters. The van der Waals surface area contributed by atoms with Gasteiger partial charge in [-0.15, -0.1) is 0 Å². The van der Waals surface area contributed by atoms with Crippen LogP contribution in [0.25, 0.3) is 0 Å². The molecule has 0 aromatic heterocycles. The van der Waals surface area contributed by atoms with Crippen LogP contribution in [-0.2, 0) is 33.0 Å². The van der Waals surface area contributed by atoms with Gasteiger partial charge < -0.3 is 23.4 Å². The highest BCUT2D eigenvalue weighted by atomic mass is 28.4. The van der Waals surface area contributed by atoms with Crippen LogP contribution in [0.2, 0.25) is 18.1 Å².